The molecule has 0 bridgehead atoms. The maximum absolute atomic E-state index is 13.7. The van der Waals surface area contributed by atoms with Gasteiger partial charge in [0.25, 0.3) is 0 Å². The lowest BCUT2D eigenvalue weighted by atomic mass is 10.0. The fourth-order valence-electron chi connectivity index (χ4n) is 2.92. The lowest BCUT2D eigenvalue weighted by molar-refractivity contribution is -0.0279. The molecule has 7 heteroatoms. The second-order valence-corrected chi connectivity index (χ2v) is 6.09. The van der Waals surface area contributed by atoms with Crippen LogP contribution in [0.15, 0.2) is 36.4 Å². The predicted octanol–water partition coefficient (Wildman–Crippen LogP) is 3.26. The highest BCUT2D eigenvalue weighted by atomic mass is 19.1. The molecule has 0 saturated carbocycles. The molecule has 0 radical (unpaired) electrons. The van der Waals surface area contributed by atoms with Gasteiger partial charge in [0.2, 0.25) is 0 Å². The number of aliphatic hydroxyl groups is 1. The Morgan fingerprint density at radius 1 is 1.00 bits per heavy atom. The molecule has 2 atom stereocenters. The number of hydrogen-bond acceptors (Lipinski definition) is 3. The highest BCUT2D eigenvalue weighted by Gasteiger charge is 2.29. The van der Waals surface area contributed by atoms with Gasteiger partial charge in [0.1, 0.15) is 41.2 Å². The van der Waals surface area contributed by atoms with E-state index in [9.17, 15) is 22.7 Å². The fourth-order valence-corrected chi connectivity index (χ4v) is 2.92. The van der Waals surface area contributed by atoms with Crippen molar-refractivity contribution in [2.75, 3.05) is 13.1 Å². The number of rotatable bonds is 4. The van der Waals surface area contributed by atoms with Crippen LogP contribution in [0.3, 0.4) is 0 Å². The summed E-state index contributed by atoms with van der Waals surface area (Å²) in [6.45, 7) is 0.931. The molecule has 0 spiro atoms. The second-order valence-electron chi connectivity index (χ2n) is 6.09. The summed E-state index contributed by atoms with van der Waals surface area (Å²) in [7, 11) is 0. The lowest BCUT2D eigenvalue weighted by Crippen LogP contribution is -2.48. The largest absolute Gasteiger partial charge is 0.487 e. The molecule has 0 unspecified atom stereocenters. The molecule has 3 nitrogen and oxygen atoms in total. The van der Waals surface area contributed by atoms with E-state index < -0.39 is 35.5 Å². The van der Waals surface area contributed by atoms with Crippen LogP contribution in [-0.2, 0) is 6.54 Å². The van der Waals surface area contributed by atoms with Crippen molar-refractivity contribution in [2.45, 2.75) is 25.2 Å². The molecular weight excluding hydrogens is 338 g/mol. The Kier molecular flexibility index (Phi) is 5.24. The van der Waals surface area contributed by atoms with E-state index in [4.69, 9.17) is 4.74 Å². The van der Waals surface area contributed by atoms with Gasteiger partial charge in [-0.25, -0.2) is 17.6 Å². The first kappa shape index (κ1) is 17.7. The van der Waals surface area contributed by atoms with Gasteiger partial charge in [-0.15, -0.1) is 0 Å². The van der Waals surface area contributed by atoms with Crippen molar-refractivity contribution in [3.8, 4) is 5.75 Å². The molecule has 1 heterocycles. The minimum absolute atomic E-state index is 0.0135. The Labute approximate surface area is 142 Å². The molecule has 2 aromatic carbocycles. The van der Waals surface area contributed by atoms with Crippen LogP contribution in [-0.4, -0.2) is 35.3 Å². The number of likely N-dealkylation sites (tertiary alicyclic amines) is 1. The van der Waals surface area contributed by atoms with E-state index in [2.05, 4.69) is 0 Å². The van der Waals surface area contributed by atoms with Crippen LogP contribution in [0, 0.1) is 23.3 Å². The number of ether oxygens (including phenoxy) is 1. The Balaban J connectivity index is 1.60. The van der Waals surface area contributed by atoms with Crippen LogP contribution in [0.25, 0.3) is 0 Å². The van der Waals surface area contributed by atoms with Crippen molar-refractivity contribution in [1.29, 1.82) is 0 Å². The van der Waals surface area contributed by atoms with Crippen molar-refractivity contribution >= 4 is 0 Å². The summed E-state index contributed by atoms with van der Waals surface area (Å²) in [5.41, 5.74) is 0.333. The van der Waals surface area contributed by atoms with Gasteiger partial charge >= 0.3 is 0 Å². The van der Waals surface area contributed by atoms with E-state index in [1.807, 2.05) is 4.90 Å². The number of piperidine rings is 1. The van der Waals surface area contributed by atoms with E-state index in [1.165, 1.54) is 12.1 Å². The van der Waals surface area contributed by atoms with Gasteiger partial charge in [0.05, 0.1) is 0 Å². The molecule has 134 valence electrons. The molecule has 1 aliphatic heterocycles. The van der Waals surface area contributed by atoms with Gasteiger partial charge in [-0.2, -0.15) is 0 Å². The summed E-state index contributed by atoms with van der Waals surface area (Å²) >= 11 is 0. The molecule has 1 saturated heterocycles. The van der Waals surface area contributed by atoms with Crippen LogP contribution < -0.4 is 4.74 Å². The standard InChI is InChI=1S/C18H17F4NO2/c19-12-2-1-11(16(22)8-12)9-23-4-3-18(17(24)10-23)25-15-6-13(20)5-14(21)7-15/h1-2,5-8,17-18,24H,3-4,9-10H2/t17-,18-/m1/s1. The molecule has 1 N–H and O–H groups in total. The highest BCUT2D eigenvalue weighted by Crippen LogP contribution is 2.23. The highest BCUT2D eigenvalue weighted by molar-refractivity contribution is 5.24. The predicted molar refractivity (Wildman–Crippen MR) is 83.0 cm³/mol. The Morgan fingerprint density at radius 2 is 1.72 bits per heavy atom. The smallest absolute Gasteiger partial charge is 0.130 e. The zero-order chi connectivity index (χ0) is 18.0. The first-order chi connectivity index (χ1) is 11.9. The summed E-state index contributed by atoms with van der Waals surface area (Å²) in [6, 6.07) is 6.22. The summed E-state index contributed by atoms with van der Waals surface area (Å²) in [5.74, 6) is -2.78. The zero-order valence-corrected chi connectivity index (χ0v) is 13.3. The first-order valence-corrected chi connectivity index (χ1v) is 7.88. The number of aliphatic hydroxyl groups excluding tert-OH is 1. The van der Waals surface area contributed by atoms with E-state index in [-0.39, 0.29) is 18.8 Å². The van der Waals surface area contributed by atoms with Crippen molar-refractivity contribution < 1.29 is 27.4 Å². The van der Waals surface area contributed by atoms with E-state index >= 15 is 0 Å². The third-order valence-electron chi connectivity index (χ3n) is 4.14. The van der Waals surface area contributed by atoms with Gasteiger partial charge < -0.3 is 9.84 Å². The van der Waals surface area contributed by atoms with Gasteiger partial charge in [0.15, 0.2) is 0 Å². The van der Waals surface area contributed by atoms with Crippen molar-refractivity contribution in [2.24, 2.45) is 0 Å². The summed E-state index contributed by atoms with van der Waals surface area (Å²) in [4.78, 5) is 1.81. The maximum Gasteiger partial charge on any atom is 0.130 e. The van der Waals surface area contributed by atoms with E-state index in [1.54, 1.807) is 0 Å². The number of nitrogens with zero attached hydrogens (tertiary/aromatic N) is 1. The number of halogens is 4. The molecule has 3 rings (SSSR count). The SMILES string of the molecule is O[C@@H]1CN(Cc2ccc(F)cc2F)CC[C@H]1Oc1cc(F)cc(F)c1. The van der Waals surface area contributed by atoms with Gasteiger partial charge in [0, 0.05) is 49.5 Å². The normalized spacial score (nSPS) is 21.3. The molecule has 1 aliphatic rings. The molecule has 0 aromatic heterocycles. The average Bonchev–Trinajstić information content (AvgIpc) is 2.52. The third kappa shape index (κ3) is 4.49. The van der Waals surface area contributed by atoms with Crippen LogP contribution in [0.5, 0.6) is 5.75 Å². The molecule has 0 aliphatic carbocycles. The van der Waals surface area contributed by atoms with Gasteiger partial charge in [-0.1, -0.05) is 6.07 Å². The minimum Gasteiger partial charge on any atom is -0.487 e. The van der Waals surface area contributed by atoms with Crippen LogP contribution >= 0.6 is 0 Å². The number of hydrogen-bond donors (Lipinski definition) is 1. The Hall–Kier alpha value is -2.12. The lowest BCUT2D eigenvalue weighted by Gasteiger charge is -2.36. The summed E-state index contributed by atoms with van der Waals surface area (Å²) < 4.78 is 58.5. The van der Waals surface area contributed by atoms with E-state index in [0.717, 1.165) is 24.3 Å². The summed E-state index contributed by atoms with van der Waals surface area (Å²) in [5, 5.41) is 10.2. The van der Waals surface area contributed by atoms with Crippen LogP contribution in [0.1, 0.15) is 12.0 Å². The number of benzene rings is 2. The molecule has 25 heavy (non-hydrogen) atoms. The van der Waals surface area contributed by atoms with Crippen molar-refractivity contribution in [1.82, 2.24) is 4.90 Å². The first-order valence-electron chi connectivity index (χ1n) is 7.88. The Bertz CT molecular complexity index is 736. The second kappa shape index (κ2) is 7.41. The number of β-amino-alcohol motifs (C(OH)–C–C–N with tert-alkyl or cyclic N) is 1. The quantitative estimate of drug-likeness (QED) is 0.855. The fraction of sp³-hybridized carbons (Fsp3) is 0.333. The monoisotopic (exact) mass is 355 g/mol. The van der Waals surface area contributed by atoms with Gasteiger partial charge in [-0.05, 0) is 12.5 Å². The van der Waals surface area contributed by atoms with Crippen LogP contribution in [0.2, 0.25) is 0 Å². The summed E-state index contributed by atoms with van der Waals surface area (Å²) in [6.07, 6.45) is -1.11. The zero-order valence-electron chi connectivity index (χ0n) is 13.3. The van der Waals surface area contributed by atoms with Crippen molar-refractivity contribution in [3.63, 3.8) is 0 Å². The van der Waals surface area contributed by atoms with E-state index in [0.29, 0.717) is 18.5 Å². The average molecular weight is 355 g/mol. The molecule has 2 aromatic rings. The minimum atomic E-state index is -0.899. The van der Waals surface area contributed by atoms with Crippen LogP contribution in [0.4, 0.5) is 17.6 Å². The molecule has 1 fully saturated rings. The van der Waals surface area contributed by atoms with Crippen molar-refractivity contribution in [3.05, 3.63) is 65.2 Å². The molecule has 0 amide bonds. The molecular formula is C18H17F4NO2. The Morgan fingerprint density at radius 3 is 2.36 bits per heavy atom. The maximum atomic E-state index is 13.7. The topological polar surface area (TPSA) is 32.7 Å². The van der Waals surface area contributed by atoms with Gasteiger partial charge in [-0.3, -0.25) is 4.90 Å². The third-order valence-corrected chi connectivity index (χ3v) is 4.14.